The van der Waals surface area contributed by atoms with Gasteiger partial charge in [0, 0.05) is 31.7 Å². The number of aromatic nitrogens is 4. The molecule has 2 aromatic carbocycles. The molecule has 3 aliphatic rings. The Labute approximate surface area is 337 Å². The minimum absolute atomic E-state index is 0.130. The van der Waals surface area contributed by atoms with Gasteiger partial charge in [-0.15, -0.1) is 0 Å². The second kappa shape index (κ2) is 17.8. The Bertz CT molecular complexity index is 2080. The van der Waals surface area contributed by atoms with Gasteiger partial charge in [-0.3, -0.25) is 9.59 Å². The molecule has 16 nitrogen and oxygen atoms in total. The van der Waals surface area contributed by atoms with Crippen LogP contribution < -0.4 is 10.6 Å². The molecule has 3 aliphatic heterocycles. The van der Waals surface area contributed by atoms with E-state index in [1.807, 2.05) is 55.1 Å². The van der Waals surface area contributed by atoms with E-state index in [0.29, 0.717) is 44.2 Å². The van der Waals surface area contributed by atoms with Crippen molar-refractivity contribution in [2.45, 2.75) is 89.3 Å². The summed E-state index contributed by atoms with van der Waals surface area (Å²) in [6.45, 7) is 5.26. The number of β-amino-alcohol motifs (C(OH)–C–C–N with tert-alkyl or cyclic N) is 1. The number of likely N-dealkylation sites (tertiary alicyclic amines) is 1. The molecule has 0 unspecified atom stereocenters. The van der Waals surface area contributed by atoms with Gasteiger partial charge in [-0.1, -0.05) is 62.4 Å². The zero-order chi connectivity index (χ0) is 40.9. The second-order valence-corrected chi connectivity index (χ2v) is 15.5. The van der Waals surface area contributed by atoms with Crippen LogP contribution in [0.4, 0.5) is 9.59 Å². The lowest BCUT2D eigenvalue weighted by molar-refractivity contribution is -0.136. The van der Waals surface area contributed by atoms with Crippen molar-refractivity contribution in [1.29, 1.82) is 0 Å². The number of methoxy groups -OCH3 is 2. The molecule has 4 aromatic rings. The molecule has 0 saturated carbocycles. The lowest BCUT2D eigenvalue weighted by Crippen LogP contribution is -2.51. The van der Waals surface area contributed by atoms with E-state index in [1.165, 1.54) is 14.2 Å². The highest BCUT2D eigenvalue weighted by atomic mass is 16.5. The van der Waals surface area contributed by atoms with Gasteiger partial charge in [0.25, 0.3) is 0 Å². The molecule has 5 heterocycles. The van der Waals surface area contributed by atoms with E-state index in [2.05, 4.69) is 37.7 Å². The van der Waals surface area contributed by atoms with Gasteiger partial charge in [0.1, 0.15) is 23.7 Å². The lowest BCUT2D eigenvalue weighted by atomic mass is 10.0. The third kappa shape index (κ3) is 8.72. The molecule has 308 valence electrons. The Morgan fingerprint density at radius 3 is 2.26 bits per heavy atom. The normalized spacial score (nSPS) is 21.7. The molecule has 2 bridgehead atoms. The Morgan fingerprint density at radius 2 is 1.57 bits per heavy atom. The highest BCUT2D eigenvalue weighted by Gasteiger charge is 2.41. The van der Waals surface area contributed by atoms with Crippen LogP contribution in [0.5, 0.6) is 0 Å². The number of H-pyrrole nitrogens is 2. The summed E-state index contributed by atoms with van der Waals surface area (Å²) in [6, 6.07) is 14.1. The van der Waals surface area contributed by atoms with Gasteiger partial charge in [0.15, 0.2) is 0 Å². The van der Waals surface area contributed by atoms with Crippen LogP contribution in [-0.2, 0) is 30.4 Å². The first-order valence-electron chi connectivity index (χ1n) is 19.9. The van der Waals surface area contributed by atoms with E-state index in [4.69, 9.17) is 19.2 Å². The summed E-state index contributed by atoms with van der Waals surface area (Å²) in [7, 11) is 2.55. The van der Waals surface area contributed by atoms with Crippen LogP contribution in [0.3, 0.4) is 0 Å². The summed E-state index contributed by atoms with van der Waals surface area (Å²) in [5.74, 6) is 0.627. The molecule has 16 heteroatoms. The van der Waals surface area contributed by atoms with Gasteiger partial charge in [0.05, 0.1) is 62.3 Å². The smallest absolute Gasteiger partial charge is 0.407 e. The molecule has 58 heavy (non-hydrogen) atoms. The molecule has 2 fully saturated rings. The van der Waals surface area contributed by atoms with Crippen LogP contribution in [0.15, 0.2) is 54.7 Å². The van der Waals surface area contributed by atoms with E-state index in [1.54, 1.807) is 11.1 Å². The van der Waals surface area contributed by atoms with Gasteiger partial charge in [-0.2, -0.15) is 0 Å². The second-order valence-electron chi connectivity index (χ2n) is 15.5. The fraction of sp³-hybridized carbons (Fsp3) is 0.476. The maximum atomic E-state index is 13.7. The molecule has 4 amide bonds. The molecule has 5 N–H and O–H groups in total. The fourth-order valence-electron chi connectivity index (χ4n) is 8.14. The van der Waals surface area contributed by atoms with E-state index >= 15 is 0 Å². The summed E-state index contributed by atoms with van der Waals surface area (Å²) in [5, 5.41) is 15.9. The molecule has 0 radical (unpaired) electrons. The zero-order valence-electron chi connectivity index (χ0n) is 33.3. The number of nitrogens with zero attached hydrogens (tertiary/aromatic N) is 4. The van der Waals surface area contributed by atoms with E-state index in [9.17, 15) is 24.3 Å². The SMILES string of the molecule is COC(=O)N[C@H]1CCCCOCc2[nH]c(nc2-c2ccc(-c3ccc(-c4cnc([C@@H]5C[C@H](O)CN5C(=O)[C@@H](NC(=O)OC)C(C)C)[nH]4)cc3)cc2)[C@@H]2CCCN2C1=O. The number of carbonyl (C=O) groups is 4. The van der Waals surface area contributed by atoms with Crippen molar-refractivity contribution in [2.75, 3.05) is 33.9 Å². The minimum atomic E-state index is -0.815. The third-order valence-corrected chi connectivity index (χ3v) is 11.3. The molecule has 2 aromatic heterocycles. The van der Waals surface area contributed by atoms with Crippen molar-refractivity contribution >= 4 is 24.0 Å². The van der Waals surface area contributed by atoms with E-state index in [-0.39, 0.29) is 30.3 Å². The average molecular weight is 797 g/mol. The quantitative estimate of drug-likeness (QED) is 0.157. The molecule has 5 atom stereocenters. The highest BCUT2D eigenvalue weighted by Crippen LogP contribution is 2.36. The van der Waals surface area contributed by atoms with Crippen molar-refractivity contribution in [3.05, 3.63) is 72.1 Å². The Morgan fingerprint density at radius 1 is 0.879 bits per heavy atom. The van der Waals surface area contributed by atoms with Crippen LogP contribution >= 0.6 is 0 Å². The first kappa shape index (κ1) is 40.5. The number of hydrogen-bond acceptors (Lipinski definition) is 10. The van der Waals surface area contributed by atoms with Crippen molar-refractivity contribution in [2.24, 2.45) is 5.92 Å². The number of benzene rings is 2. The topological polar surface area (TPSA) is 204 Å². The molecular weight excluding hydrogens is 745 g/mol. The highest BCUT2D eigenvalue weighted by molar-refractivity contribution is 5.87. The minimum Gasteiger partial charge on any atom is -0.453 e. The molecule has 0 spiro atoms. The van der Waals surface area contributed by atoms with Gasteiger partial charge in [-0.25, -0.2) is 19.6 Å². The fourth-order valence-corrected chi connectivity index (χ4v) is 8.14. The van der Waals surface area contributed by atoms with E-state index < -0.39 is 36.4 Å². The number of rotatable bonds is 8. The molecular formula is C42H52N8O8. The average Bonchev–Trinajstić information content (AvgIpc) is 4.06. The summed E-state index contributed by atoms with van der Waals surface area (Å²) in [5.41, 5.74) is 6.26. The Hall–Kier alpha value is -5.74. The van der Waals surface area contributed by atoms with Gasteiger partial charge >= 0.3 is 12.2 Å². The van der Waals surface area contributed by atoms with Crippen molar-refractivity contribution in [3.63, 3.8) is 0 Å². The third-order valence-electron chi connectivity index (χ3n) is 11.3. The van der Waals surface area contributed by atoms with Crippen molar-refractivity contribution in [1.82, 2.24) is 40.4 Å². The van der Waals surface area contributed by atoms with Crippen molar-refractivity contribution in [3.8, 4) is 33.6 Å². The predicted molar refractivity (Wildman–Crippen MR) is 213 cm³/mol. The summed E-state index contributed by atoms with van der Waals surface area (Å²) < 4.78 is 15.6. The number of fused-ring (bicyclic) bond motifs is 4. The number of amides is 4. The van der Waals surface area contributed by atoms with Gasteiger partial charge in [0.2, 0.25) is 11.8 Å². The molecule has 2 saturated heterocycles. The lowest BCUT2D eigenvalue weighted by Gasteiger charge is -2.29. The largest absolute Gasteiger partial charge is 0.453 e. The number of alkyl carbamates (subject to hydrolysis) is 2. The van der Waals surface area contributed by atoms with Crippen LogP contribution in [0.25, 0.3) is 33.6 Å². The number of aliphatic hydroxyl groups is 1. The number of aliphatic hydroxyl groups excluding tert-OH is 1. The summed E-state index contributed by atoms with van der Waals surface area (Å²) >= 11 is 0. The van der Waals surface area contributed by atoms with Crippen LogP contribution in [-0.4, -0.2) is 111 Å². The standard InChI is InChI=1S/C42H52N8O8/c1-24(2)35(48-42(55)57-4)40(53)50-22-29(51)20-34(50)37-43-21-31(44-37)27-14-10-25(11-15-27)26-12-16-28(17-13-26)36-32-23-58-19-6-5-8-30(46-41(54)56-3)39(52)49-18-7-9-33(49)38(45-32)47-36/h10-17,21,24,29-30,33-35,51H,5-9,18-20,22-23H2,1-4H3,(H,43,44)(H,45,47)(H,46,54)(H,48,55)/t29-,30-,33-,34-,35-/m0/s1. The Balaban J connectivity index is 1.06. The number of aromatic amines is 2. The Kier molecular flexibility index (Phi) is 12.4. The zero-order valence-corrected chi connectivity index (χ0v) is 33.3. The maximum Gasteiger partial charge on any atom is 0.407 e. The predicted octanol–water partition coefficient (Wildman–Crippen LogP) is 5.24. The maximum absolute atomic E-state index is 13.7. The first-order valence-corrected chi connectivity index (χ1v) is 19.9. The van der Waals surface area contributed by atoms with Gasteiger partial charge < -0.3 is 49.7 Å². The van der Waals surface area contributed by atoms with Crippen LogP contribution in [0.2, 0.25) is 0 Å². The monoisotopic (exact) mass is 796 g/mol. The number of carbonyl (C=O) groups excluding carboxylic acids is 4. The van der Waals surface area contributed by atoms with Crippen LogP contribution in [0.1, 0.15) is 81.8 Å². The molecule has 0 aliphatic carbocycles. The van der Waals surface area contributed by atoms with Crippen molar-refractivity contribution < 1.29 is 38.5 Å². The summed E-state index contributed by atoms with van der Waals surface area (Å²) in [4.78, 5) is 71.3. The number of nitrogens with one attached hydrogen (secondary N) is 4. The summed E-state index contributed by atoms with van der Waals surface area (Å²) in [6.07, 6.45) is 3.55. The van der Waals surface area contributed by atoms with Gasteiger partial charge in [-0.05, 0) is 54.7 Å². The number of imidazole rings is 2. The van der Waals surface area contributed by atoms with Crippen LogP contribution in [0, 0.1) is 5.92 Å². The number of ether oxygens (including phenoxy) is 3. The number of hydrogen-bond donors (Lipinski definition) is 5. The van der Waals surface area contributed by atoms with E-state index in [0.717, 1.165) is 65.0 Å². The first-order chi connectivity index (χ1) is 28.0. The molecule has 7 rings (SSSR count).